The Morgan fingerprint density at radius 1 is 1.08 bits per heavy atom. The number of ether oxygens (including phenoxy) is 1. The summed E-state index contributed by atoms with van der Waals surface area (Å²) < 4.78 is 5.49. The van der Waals surface area contributed by atoms with Crippen LogP contribution in [0.2, 0.25) is 0 Å². The molecule has 0 amide bonds. The van der Waals surface area contributed by atoms with Gasteiger partial charge in [-0.3, -0.25) is 4.98 Å². The number of hydrogen-bond acceptors (Lipinski definition) is 6. The van der Waals surface area contributed by atoms with Crippen molar-refractivity contribution in [3.05, 3.63) is 36.2 Å². The first-order valence-electron chi connectivity index (χ1n) is 9.62. The van der Waals surface area contributed by atoms with E-state index in [9.17, 15) is 0 Å². The first-order chi connectivity index (χ1) is 12.9. The van der Waals surface area contributed by atoms with E-state index in [0.717, 1.165) is 60.3 Å². The van der Waals surface area contributed by atoms with Crippen LogP contribution in [0.3, 0.4) is 0 Å². The molecule has 0 spiro atoms. The van der Waals surface area contributed by atoms with E-state index in [2.05, 4.69) is 27.7 Å². The SMILES string of the molecule is c1ccc(-c2nc(CSC3CCCCC3)cc(N3CCOCC3)n2)nc1. The Balaban J connectivity index is 1.57. The fraction of sp³-hybridized carbons (Fsp3) is 0.550. The number of hydrogen-bond donors (Lipinski definition) is 0. The van der Waals surface area contributed by atoms with Crippen LogP contribution in [-0.4, -0.2) is 46.5 Å². The number of thioether (sulfide) groups is 1. The predicted molar refractivity (Wildman–Crippen MR) is 106 cm³/mol. The van der Waals surface area contributed by atoms with E-state index in [-0.39, 0.29) is 0 Å². The Bertz CT molecular complexity index is 700. The molecule has 0 aromatic carbocycles. The second kappa shape index (κ2) is 8.82. The highest BCUT2D eigenvalue weighted by Gasteiger charge is 2.18. The van der Waals surface area contributed by atoms with Gasteiger partial charge >= 0.3 is 0 Å². The van der Waals surface area contributed by atoms with E-state index in [0.29, 0.717) is 0 Å². The van der Waals surface area contributed by atoms with Crippen LogP contribution < -0.4 is 4.90 Å². The number of nitrogens with zero attached hydrogens (tertiary/aromatic N) is 4. The van der Waals surface area contributed by atoms with Gasteiger partial charge in [-0.2, -0.15) is 11.8 Å². The van der Waals surface area contributed by atoms with Crippen molar-refractivity contribution in [3.8, 4) is 11.5 Å². The number of aromatic nitrogens is 3. The molecule has 1 saturated heterocycles. The molecule has 26 heavy (non-hydrogen) atoms. The third-order valence-electron chi connectivity index (χ3n) is 5.01. The van der Waals surface area contributed by atoms with Crippen LogP contribution in [0, 0.1) is 0 Å². The number of pyridine rings is 1. The zero-order valence-electron chi connectivity index (χ0n) is 15.1. The molecule has 5 nitrogen and oxygen atoms in total. The molecule has 2 aliphatic rings. The fourth-order valence-electron chi connectivity index (χ4n) is 3.56. The largest absolute Gasteiger partial charge is 0.378 e. The van der Waals surface area contributed by atoms with Gasteiger partial charge in [-0.15, -0.1) is 0 Å². The highest BCUT2D eigenvalue weighted by Crippen LogP contribution is 2.31. The summed E-state index contributed by atoms with van der Waals surface area (Å²) in [6.45, 7) is 3.28. The van der Waals surface area contributed by atoms with Crippen molar-refractivity contribution in [2.24, 2.45) is 0 Å². The molecule has 0 atom stereocenters. The summed E-state index contributed by atoms with van der Waals surface area (Å²) in [5.74, 6) is 2.68. The van der Waals surface area contributed by atoms with Gasteiger partial charge in [-0.25, -0.2) is 9.97 Å². The topological polar surface area (TPSA) is 51.1 Å². The minimum absolute atomic E-state index is 0.730. The van der Waals surface area contributed by atoms with Crippen molar-refractivity contribution in [3.63, 3.8) is 0 Å². The van der Waals surface area contributed by atoms with Crippen molar-refractivity contribution < 1.29 is 4.74 Å². The zero-order chi connectivity index (χ0) is 17.6. The summed E-state index contributed by atoms with van der Waals surface area (Å²) in [7, 11) is 0. The maximum absolute atomic E-state index is 5.49. The molecular formula is C20H26N4OS. The van der Waals surface area contributed by atoms with Gasteiger partial charge in [0.1, 0.15) is 11.5 Å². The monoisotopic (exact) mass is 370 g/mol. The molecule has 4 rings (SSSR count). The lowest BCUT2D eigenvalue weighted by Gasteiger charge is -2.28. The molecule has 0 unspecified atom stereocenters. The molecule has 3 heterocycles. The average molecular weight is 371 g/mol. The van der Waals surface area contributed by atoms with Crippen molar-refractivity contribution in [1.82, 2.24) is 15.0 Å². The Morgan fingerprint density at radius 2 is 1.92 bits per heavy atom. The van der Waals surface area contributed by atoms with Crippen LogP contribution in [0.1, 0.15) is 37.8 Å². The van der Waals surface area contributed by atoms with Crippen LogP contribution >= 0.6 is 11.8 Å². The van der Waals surface area contributed by atoms with Crippen LogP contribution in [0.5, 0.6) is 0 Å². The molecule has 1 aliphatic heterocycles. The molecular weight excluding hydrogens is 344 g/mol. The zero-order valence-corrected chi connectivity index (χ0v) is 16.0. The minimum atomic E-state index is 0.730. The quantitative estimate of drug-likeness (QED) is 0.794. The molecule has 1 saturated carbocycles. The van der Waals surface area contributed by atoms with Gasteiger partial charge in [0.05, 0.1) is 18.9 Å². The Hall–Kier alpha value is -1.66. The van der Waals surface area contributed by atoms with Gasteiger partial charge in [0.2, 0.25) is 0 Å². The first-order valence-corrected chi connectivity index (χ1v) is 10.7. The molecule has 0 bridgehead atoms. The standard InChI is InChI=1S/C20H26N4OS/c1-2-6-17(7-3-1)26-15-16-14-19(24-10-12-25-13-11-24)23-20(22-16)18-8-4-5-9-21-18/h4-5,8-9,14,17H,1-3,6-7,10-13,15H2. The molecule has 138 valence electrons. The summed E-state index contributed by atoms with van der Waals surface area (Å²) in [4.78, 5) is 16.4. The third kappa shape index (κ3) is 4.54. The molecule has 2 fully saturated rings. The molecule has 0 N–H and O–H groups in total. The molecule has 2 aromatic rings. The van der Waals surface area contributed by atoms with E-state index in [1.54, 1.807) is 6.20 Å². The Morgan fingerprint density at radius 3 is 2.69 bits per heavy atom. The van der Waals surface area contributed by atoms with Gasteiger partial charge in [0, 0.05) is 36.4 Å². The van der Waals surface area contributed by atoms with Crippen molar-refractivity contribution in [1.29, 1.82) is 0 Å². The minimum Gasteiger partial charge on any atom is -0.378 e. The maximum atomic E-state index is 5.49. The average Bonchev–Trinajstić information content (AvgIpc) is 2.74. The van der Waals surface area contributed by atoms with E-state index in [1.807, 2.05) is 18.2 Å². The van der Waals surface area contributed by atoms with Gasteiger partial charge in [-0.05, 0) is 25.0 Å². The summed E-state index contributed by atoms with van der Waals surface area (Å²) in [5, 5.41) is 0.781. The van der Waals surface area contributed by atoms with Crippen LogP contribution in [0.15, 0.2) is 30.5 Å². The summed E-state index contributed by atoms with van der Waals surface area (Å²) in [5.41, 5.74) is 1.95. The lowest BCUT2D eigenvalue weighted by molar-refractivity contribution is 0.122. The normalized spacial score (nSPS) is 18.8. The van der Waals surface area contributed by atoms with E-state index < -0.39 is 0 Å². The predicted octanol–water partition coefficient (Wildman–Crippen LogP) is 3.94. The molecule has 2 aromatic heterocycles. The second-order valence-corrected chi connectivity index (χ2v) is 8.22. The first kappa shape index (κ1) is 17.7. The van der Waals surface area contributed by atoms with Gasteiger partial charge in [0.25, 0.3) is 0 Å². The van der Waals surface area contributed by atoms with Crippen molar-refractivity contribution >= 4 is 17.6 Å². The van der Waals surface area contributed by atoms with Crippen molar-refractivity contribution in [2.45, 2.75) is 43.1 Å². The van der Waals surface area contributed by atoms with Crippen molar-refractivity contribution in [2.75, 3.05) is 31.2 Å². The van der Waals surface area contributed by atoms with Crippen LogP contribution in [-0.2, 0) is 10.5 Å². The Kier molecular flexibility index (Phi) is 6.02. The third-order valence-corrected chi connectivity index (χ3v) is 6.42. The van der Waals surface area contributed by atoms with E-state index in [1.165, 1.54) is 32.1 Å². The summed E-state index contributed by atoms with van der Waals surface area (Å²) >= 11 is 2.06. The van der Waals surface area contributed by atoms with Gasteiger partial charge < -0.3 is 9.64 Å². The second-order valence-electron chi connectivity index (χ2n) is 6.93. The smallest absolute Gasteiger partial charge is 0.180 e. The maximum Gasteiger partial charge on any atom is 0.180 e. The van der Waals surface area contributed by atoms with Crippen LogP contribution in [0.4, 0.5) is 5.82 Å². The Labute approximate surface area is 159 Å². The van der Waals surface area contributed by atoms with E-state index >= 15 is 0 Å². The highest BCUT2D eigenvalue weighted by molar-refractivity contribution is 7.99. The number of morpholine rings is 1. The lowest BCUT2D eigenvalue weighted by Crippen LogP contribution is -2.37. The van der Waals surface area contributed by atoms with Gasteiger partial charge in [0.15, 0.2) is 5.82 Å². The van der Waals surface area contributed by atoms with E-state index in [4.69, 9.17) is 14.7 Å². The number of anilines is 1. The summed E-state index contributed by atoms with van der Waals surface area (Å²) in [6.07, 6.45) is 8.64. The lowest BCUT2D eigenvalue weighted by atomic mass is 10.0. The fourth-order valence-corrected chi connectivity index (χ4v) is 4.78. The molecule has 0 radical (unpaired) electrons. The highest BCUT2D eigenvalue weighted by atomic mass is 32.2. The summed E-state index contributed by atoms with van der Waals surface area (Å²) in [6, 6.07) is 8.06. The van der Waals surface area contributed by atoms with Crippen LogP contribution in [0.25, 0.3) is 11.5 Å². The molecule has 6 heteroatoms. The number of rotatable bonds is 5. The van der Waals surface area contributed by atoms with Gasteiger partial charge in [-0.1, -0.05) is 25.3 Å². The molecule has 1 aliphatic carbocycles.